The Morgan fingerprint density at radius 2 is 0.900 bits per heavy atom. The van der Waals surface area contributed by atoms with E-state index in [0.29, 0.717) is 18.1 Å². The standard InChI is InChI=1S/C14H26N2O2.C11H22N2O2.C9H18N2.C3H6Br2.ClH/c1-14(2,3)18-13(17)15-11-5-7-12(8-6-11)16-9-4-10-16;1-11(2,3)15-10(14)13-9-6-4-8(12)5-7-9;10-8-2-4-9(5-3-8)11-6-1-7-11;4-2-1-3-5;/h11-12H,4-10H2,1-3H3,(H,15,17);8-9H,4-7,12H2,1-3H3,(H,13,14);8-9H,1-7,10H2;1-3H2;1H. The van der Waals surface area contributed by atoms with Crippen molar-refractivity contribution in [3.8, 4) is 0 Å². The fourth-order valence-electron chi connectivity index (χ4n) is 6.73. The molecule has 2 amide bonds. The summed E-state index contributed by atoms with van der Waals surface area (Å²) in [5.41, 5.74) is 10.8. The predicted octanol–water partition coefficient (Wildman–Crippen LogP) is 7.86. The number of alkyl halides is 2. The maximum atomic E-state index is 11.7. The highest BCUT2D eigenvalue weighted by Gasteiger charge is 2.30. The Labute approximate surface area is 328 Å². The molecule has 0 unspecified atom stereocenters. The summed E-state index contributed by atoms with van der Waals surface area (Å²) in [7, 11) is 0. The van der Waals surface area contributed by atoms with E-state index in [2.05, 4.69) is 52.3 Å². The number of hydrogen-bond donors (Lipinski definition) is 4. The van der Waals surface area contributed by atoms with Crippen molar-refractivity contribution in [3.05, 3.63) is 0 Å². The molecule has 0 aromatic heterocycles. The lowest BCUT2D eigenvalue weighted by atomic mass is 9.89. The fourth-order valence-corrected chi connectivity index (χ4v) is 8.04. The van der Waals surface area contributed by atoms with Crippen molar-refractivity contribution >= 4 is 56.5 Å². The Morgan fingerprint density at radius 3 is 1.16 bits per heavy atom. The number of carbonyl (C=O) groups is 2. The van der Waals surface area contributed by atoms with Gasteiger partial charge in [-0.15, -0.1) is 12.4 Å². The summed E-state index contributed by atoms with van der Waals surface area (Å²) in [6.07, 6.45) is 17.1. The van der Waals surface area contributed by atoms with Crippen LogP contribution in [0.2, 0.25) is 0 Å². The molecule has 0 aromatic carbocycles. The Balaban J connectivity index is 0.000000355. The molecule has 2 saturated heterocycles. The normalized spacial score (nSPS) is 28.4. The van der Waals surface area contributed by atoms with Gasteiger partial charge in [0.05, 0.1) is 0 Å². The number of hydrogen-bond acceptors (Lipinski definition) is 8. The molecule has 5 fully saturated rings. The minimum Gasteiger partial charge on any atom is -0.444 e. The van der Waals surface area contributed by atoms with Gasteiger partial charge < -0.3 is 41.4 Å². The number of halogens is 3. The second-order valence-corrected chi connectivity index (χ2v) is 18.1. The molecule has 10 nitrogen and oxygen atoms in total. The molecule has 0 bridgehead atoms. The van der Waals surface area contributed by atoms with Crippen LogP contribution in [0.5, 0.6) is 0 Å². The van der Waals surface area contributed by atoms with Gasteiger partial charge in [0, 0.05) is 46.9 Å². The monoisotopic (exact) mass is 858 g/mol. The Morgan fingerprint density at radius 1 is 0.600 bits per heavy atom. The van der Waals surface area contributed by atoms with Crippen molar-refractivity contribution in [1.29, 1.82) is 0 Å². The minimum absolute atomic E-state index is 0. The number of rotatable bonds is 6. The van der Waals surface area contributed by atoms with Gasteiger partial charge in [-0.2, -0.15) is 0 Å². The number of nitrogens with zero attached hydrogens (tertiary/aromatic N) is 2. The third-order valence-corrected chi connectivity index (χ3v) is 10.9. The topological polar surface area (TPSA) is 135 Å². The lowest BCUT2D eigenvalue weighted by Crippen LogP contribution is -2.49. The van der Waals surface area contributed by atoms with Crippen LogP contribution in [0.4, 0.5) is 9.59 Å². The minimum atomic E-state index is -0.421. The summed E-state index contributed by atoms with van der Waals surface area (Å²) in [5, 5.41) is 8.09. The molecule has 6 N–H and O–H groups in total. The number of nitrogens with one attached hydrogen (secondary N) is 2. The van der Waals surface area contributed by atoms with Gasteiger partial charge in [0.15, 0.2) is 0 Å². The zero-order valence-electron chi connectivity index (χ0n) is 32.2. The highest BCUT2D eigenvalue weighted by molar-refractivity contribution is 9.09. The number of nitrogens with two attached hydrogens (primary N) is 2. The van der Waals surface area contributed by atoms with E-state index in [0.717, 1.165) is 61.3 Å². The van der Waals surface area contributed by atoms with Crippen LogP contribution in [0.3, 0.4) is 0 Å². The van der Waals surface area contributed by atoms with E-state index in [1.807, 2.05) is 41.5 Å². The van der Waals surface area contributed by atoms with Gasteiger partial charge in [0.2, 0.25) is 0 Å². The Kier molecular flexibility index (Phi) is 23.7. The van der Waals surface area contributed by atoms with Crippen molar-refractivity contribution in [2.24, 2.45) is 11.5 Å². The van der Waals surface area contributed by atoms with Crippen molar-refractivity contribution in [1.82, 2.24) is 20.4 Å². The highest BCUT2D eigenvalue weighted by atomic mass is 79.9. The van der Waals surface area contributed by atoms with Gasteiger partial charge in [0.25, 0.3) is 0 Å². The van der Waals surface area contributed by atoms with Gasteiger partial charge in [-0.1, -0.05) is 31.9 Å². The first-order valence-electron chi connectivity index (χ1n) is 19.2. The molecule has 3 saturated carbocycles. The largest absolute Gasteiger partial charge is 0.444 e. The van der Waals surface area contributed by atoms with Crippen molar-refractivity contribution in [3.63, 3.8) is 0 Å². The SMILES string of the molecule is BrCCCBr.CC(C)(C)OC(=O)NC1CCC(N)CC1.CC(C)(C)OC(=O)NC1CCC(N2CCC2)CC1.Cl.NC1CCC(N2CCC2)CC1. The smallest absolute Gasteiger partial charge is 0.407 e. The van der Waals surface area contributed by atoms with Gasteiger partial charge in [0.1, 0.15) is 11.2 Å². The lowest BCUT2D eigenvalue weighted by Gasteiger charge is -2.42. The van der Waals surface area contributed by atoms with E-state index < -0.39 is 11.2 Å². The number of likely N-dealkylation sites (tertiary alicyclic amines) is 2. The summed E-state index contributed by atoms with van der Waals surface area (Å²) >= 11 is 6.56. The Bertz CT molecular complexity index is 907. The highest BCUT2D eigenvalue weighted by Crippen LogP contribution is 2.27. The van der Waals surface area contributed by atoms with Crippen LogP contribution in [0.25, 0.3) is 0 Å². The van der Waals surface area contributed by atoms with Gasteiger partial charge in [-0.25, -0.2) is 9.59 Å². The average Bonchev–Trinajstić information content (AvgIpc) is 2.94. The quantitative estimate of drug-likeness (QED) is 0.199. The molecule has 13 heteroatoms. The number of ether oxygens (including phenoxy) is 2. The molecule has 0 atom stereocenters. The molecule has 0 radical (unpaired) electrons. The van der Waals surface area contributed by atoms with Crippen molar-refractivity contribution < 1.29 is 19.1 Å². The third-order valence-electron chi connectivity index (χ3n) is 9.73. The third kappa shape index (κ3) is 21.4. The maximum Gasteiger partial charge on any atom is 0.407 e. The van der Waals surface area contributed by atoms with Gasteiger partial charge in [-0.05, 0) is 164 Å². The van der Waals surface area contributed by atoms with Crippen LogP contribution in [-0.2, 0) is 9.47 Å². The molecule has 5 rings (SSSR count). The lowest BCUT2D eigenvalue weighted by molar-refractivity contribution is 0.0449. The van der Waals surface area contributed by atoms with E-state index >= 15 is 0 Å². The molecular weight excluding hydrogens is 788 g/mol. The van der Waals surface area contributed by atoms with Crippen LogP contribution in [0.15, 0.2) is 0 Å². The number of carbonyl (C=O) groups excluding carboxylic acids is 2. The number of amides is 2. The molecule has 2 heterocycles. The second kappa shape index (κ2) is 24.8. The second-order valence-electron chi connectivity index (χ2n) is 16.5. The summed E-state index contributed by atoms with van der Waals surface area (Å²) in [6, 6.07) is 3.00. The zero-order chi connectivity index (χ0) is 36.5. The maximum absolute atomic E-state index is 11.7. The van der Waals surface area contributed by atoms with Crippen LogP contribution in [0, 0.1) is 0 Å². The number of alkyl carbamates (subject to hydrolysis) is 2. The fraction of sp³-hybridized carbons (Fsp3) is 0.946. The van der Waals surface area contributed by atoms with E-state index in [-0.39, 0.29) is 30.6 Å². The summed E-state index contributed by atoms with van der Waals surface area (Å²) in [5.74, 6) is 0. The molecule has 296 valence electrons. The molecule has 0 aromatic rings. The van der Waals surface area contributed by atoms with Gasteiger partial charge >= 0.3 is 12.2 Å². The average molecular weight is 861 g/mol. The van der Waals surface area contributed by atoms with Crippen LogP contribution in [-0.4, -0.2) is 106 Å². The van der Waals surface area contributed by atoms with E-state index in [4.69, 9.17) is 20.9 Å². The molecule has 5 aliphatic rings. The molecular formula is C37H73Br2ClN6O4. The summed E-state index contributed by atoms with van der Waals surface area (Å²) in [4.78, 5) is 28.3. The Hall–Kier alpha value is -0.370. The van der Waals surface area contributed by atoms with Crippen molar-refractivity contribution in [2.45, 2.75) is 185 Å². The molecule has 0 spiro atoms. The van der Waals surface area contributed by atoms with Crippen LogP contribution in [0.1, 0.15) is 138 Å². The zero-order valence-corrected chi connectivity index (χ0v) is 36.1. The van der Waals surface area contributed by atoms with Crippen molar-refractivity contribution in [2.75, 3.05) is 36.8 Å². The molecule has 2 aliphatic heterocycles. The molecule has 50 heavy (non-hydrogen) atoms. The van der Waals surface area contributed by atoms with E-state index in [1.54, 1.807) is 0 Å². The summed E-state index contributed by atoms with van der Waals surface area (Å²) in [6.45, 7) is 16.5. The molecule has 3 aliphatic carbocycles. The predicted molar refractivity (Wildman–Crippen MR) is 217 cm³/mol. The van der Waals surface area contributed by atoms with E-state index in [1.165, 1.54) is 84.0 Å². The van der Waals surface area contributed by atoms with Gasteiger partial charge in [-0.3, -0.25) is 0 Å². The van der Waals surface area contributed by atoms with E-state index in [9.17, 15) is 9.59 Å². The van der Waals surface area contributed by atoms with Crippen LogP contribution < -0.4 is 22.1 Å². The van der Waals surface area contributed by atoms with Crippen LogP contribution >= 0.6 is 44.3 Å². The first kappa shape index (κ1) is 47.7. The first-order valence-corrected chi connectivity index (χ1v) is 21.4. The first-order chi connectivity index (χ1) is 23.1. The summed E-state index contributed by atoms with van der Waals surface area (Å²) < 4.78 is 10.5.